The average molecular weight is 375 g/mol. The Balaban J connectivity index is 1.53. The first-order chi connectivity index (χ1) is 12.6. The van der Waals surface area contributed by atoms with Crippen LogP contribution in [0, 0.1) is 6.92 Å². The first-order valence-electron chi connectivity index (χ1n) is 8.38. The molecule has 0 radical (unpaired) electrons. The van der Waals surface area contributed by atoms with Gasteiger partial charge >= 0.3 is 0 Å². The summed E-state index contributed by atoms with van der Waals surface area (Å²) >= 11 is 1.93. The third-order valence-corrected chi connectivity index (χ3v) is 4.79. The predicted octanol–water partition coefficient (Wildman–Crippen LogP) is 1.91. The minimum atomic E-state index is -0.391. The lowest BCUT2D eigenvalue weighted by Gasteiger charge is -2.25. The molecule has 2 aromatic rings. The van der Waals surface area contributed by atoms with Crippen LogP contribution >= 0.6 is 11.8 Å². The van der Waals surface area contributed by atoms with Crippen LogP contribution in [0.25, 0.3) is 0 Å². The first kappa shape index (κ1) is 18.5. The summed E-state index contributed by atoms with van der Waals surface area (Å²) in [6.45, 7) is 4.12. The SMILES string of the molecule is Cc1cccc(NC(=O)COc2coc(CN3CCSCC3)cc2=O)n1. The molecule has 0 aliphatic carbocycles. The fourth-order valence-corrected chi connectivity index (χ4v) is 3.52. The molecule has 1 N–H and O–H groups in total. The van der Waals surface area contributed by atoms with Gasteiger partial charge in [-0.25, -0.2) is 4.98 Å². The summed E-state index contributed by atoms with van der Waals surface area (Å²) in [4.78, 5) is 30.5. The molecule has 0 aromatic carbocycles. The van der Waals surface area contributed by atoms with Gasteiger partial charge in [-0.05, 0) is 19.1 Å². The number of hydrogen-bond donors (Lipinski definition) is 1. The summed E-state index contributed by atoms with van der Waals surface area (Å²) in [5.74, 6) is 2.86. The van der Waals surface area contributed by atoms with E-state index in [0.717, 1.165) is 30.3 Å². The number of nitrogens with one attached hydrogen (secondary N) is 1. The van der Waals surface area contributed by atoms with Gasteiger partial charge in [0, 0.05) is 36.4 Å². The molecule has 7 nitrogen and oxygen atoms in total. The largest absolute Gasteiger partial charge is 0.477 e. The maximum Gasteiger partial charge on any atom is 0.263 e. The monoisotopic (exact) mass is 375 g/mol. The van der Waals surface area contributed by atoms with E-state index in [9.17, 15) is 9.59 Å². The quantitative estimate of drug-likeness (QED) is 0.825. The van der Waals surface area contributed by atoms with Crippen LogP contribution in [0.4, 0.5) is 5.82 Å². The number of hydrogen-bond acceptors (Lipinski definition) is 7. The molecule has 3 rings (SSSR count). The van der Waals surface area contributed by atoms with Crippen molar-refractivity contribution in [2.24, 2.45) is 0 Å². The highest BCUT2D eigenvalue weighted by atomic mass is 32.2. The summed E-state index contributed by atoms with van der Waals surface area (Å²) in [5.41, 5.74) is 0.506. The number of anilines is 1. The average Bonchev–Trinajstić information content (AvgIpc) is 2.62. The third kappa shape index (κ3) is 5.34. The molecule has 2 aromatic heterocycles. The van der Waals surface area contributed by atoms with E-state index in [2.05, 4.69) is 15.2 Å². The lowest BCUT2D eigenvalue weighted by Crippen LogP contribution is -2.32. The van der Waals surface area contributed by atoms with E-state index in [1.54, 1.807) is 12.1 Å². The molecule has 3 heterocycles. The molecule has 138 valence electrons. The Hall–Kier alpha value is -2.32. The van der Waals surface area contributed by atoms with Crippen molar-refractivity contribution in [3.8, 4) is 5.75 Å². The van der Waals surface area contributed by atoms with E-state index < -0.39 is 5.91 Å². The normalized spacial score (nSPS) is 14.8. The van der Waals surface area contributed by atoms with Gasteiger partial charge in [0.15, 0.2) is 6.61 Å². The van der Waals surface area contributed by atoms with Crippen molar-refractivity contribution in [1.29, 1.82) is 0 Å². The van der Waals surface area contributed by atoms with Crippen molar-refractivity contribution in [2.45, 2.75) is 13.5 Å². The first-order valence-corrected chi connectivity index (χ1v) is 9.54. The Morgan fingerprint density at radius 3 is 2.92 bits per heavy atom. The van der Waals surface area contributed by atoms with Crippen LogP contribution in [0.3, 0.4) is 0 Å². The number of carbonyl (C=O) groups excluding carboxylic acids is 1. The Kier molecular flexibility index (Phi) is 6.30. The summed E-state index contributed by atoms with van der Waals surface area (Å²) in [6.07, 6.45) is 1.27. The van der Waals surface area contributed by atoms with E-state index in [1.807, 2.05) is 24.8 Å². The van der Waals surface area contributed by atoms with Crippen LogP contribution < -0.4 is 15.5 Å². The third-order valence-electron chi connectivity index (χ3n) is 3.85. The Bertz CT molecular complexity index is 818. The van der Waals surface area contributed by atoms with Crippen LogP contribution in [0.15, 0.2) is 39.7 Å². The zero-order valence-electron chi connectivity index (χ0n) is 14.6. The molecule has 1 amide bonds. The van der Waals surface area contributed by atoms with Gasteiger partial charge in [-0.3, -0.25) is 14.5 Å². The van der Waals surface area contributed by atoms with E-state index in [0.29, 0.717) is 18.1 Å². The molecule has 0 unspecified atom stereocenters. The second-order valence-electron chi connectivity index (χ2n) is 5.96. The van der Waals surface area contributed by atoms with Gasteiger partial charge in [0.2, 0.25) is 11.2 Å². The molecule has 8 heteroatoms. The minimum Gasteiger partial charge on any atom is -0.477 e. The lowest BCUT2D eigenvalue weighted by atomic mass is 10.3. The van der Waals surface area contributed by atoms with Crippen molar-refractivity contribution in [3.05, 3.63) is 52.2 Å². The molecule has 1 fully saturated rings. The molecule has 0 saturated carbocycles. The number of rotatable bonds is 6. The fourth-order valence-electron chi connectivity index (χ4n) is 2.54. The fraction of sp³-hybridized carbons (Fsp3) is 0.389. The second kappa shape index (κ2) is 8.86. The molecular formula is C18H21N3O4S. The Morgan fingerprint density at radius 2 is 2.19 bits per heavy atom. The second-order valence-corrected chi connectivity index (χ2v) is 7.19. The molecule has 0 bridgehead atoms. The van der Waals surface area contributed by atoms with Gasteiger partial charge in [0.25, 0.3) is 5.91 Å². The van der Waals surface area contributed by atoms with Gasteiger partial charge in [-0.15, -0.1) is 0 Å². The van der Waals surface area contributed by atoms with Gasteiger partial charge in [0.05, 0.1) is 6.54 Å². The number of pyridine rings is 1. The van der Waals surface area contributed by atoms with Crippen molar-refractivity contribution < 1.29 is 13.9 Å². The molecule has 1 aliphatic rings. The number of aryl methyl sites for hydroxylation is 1. The number of carbonyl (C=O) groups is 1. The zero-order chi connectivity index (χ0) is 18.4. The highest BCUT2D eigenvalue weighted by Crippen LogP contribution is 2.13. The van der Waals surface area contributed by atoms with Crippen molar-refractivity contribution >= 4 is 23.5 Å². The Morgan fingerprint density at radius 1 is 1.38 bits per heavy atom. The topological polar surface area (TPSA) is 84.7 Å². The van der Waals surface area contributed by atoms with Crippen molar-refractivity contribution in [3.63, 3.8) is 0 Å². The Labute approximate surface area is 155 Å². The van der Waals surface area contributed by atoms with Gasteiger partial charge in [-0.2, -0.15) is 11.8 Å². The van der Waals surface area contributed by atoms with E-state index in [4.69, 9.17) is 9.15 Å². The predicted molar refractivity (Wildman–Crippen MR) is 101 cm³/mol. The molecule has 1 aliphatic heterocycles. The van der Waals surface area contributed by atoms with Crippen molar-refractivity contribution in [2.75, 3.05) is 36.5 Å². The molecule has 0 atom stereocenters. The van der Waals surface area contributed by atoms with Gasteiger partial charge in [0.1, 0.15) is 17.8 Å². The molecule has 26 heavy (non-hydrogen) atoms. The minimum absolute atomic E-state index is 0.0234. The van der Waals surface area contributed by atoms with Crippen molar-refractivity contribution in [1.82, 2.24) is 9.88 Å². The van der Waals surface area contributed by atoms with Crippen LogP contribution in [0.2, 0.25) is 0 Å². The van der Waals surface area contributed by atoms with Crippen LogP contribution in [0.1, 0.15) is 11.5 Å². The van der Waals surface area contributed by atoms with E-state index in [1.165, 1.54) is 12.3 Å². The summed E-state index contributed by atoms with van der Waals surface area (Å²) in [5, 5.41) is 2.62. The highest BCUT2D eigenvalue weighted by Gasteiger charge is 2.14. The van der Waals surface area contributed by atoms with E-state index >= 15 is 0 Å². The number of thioether (sulfide) groups is 1. The van der Waals surface area contributed by atoms with Crippen LogP contribution in [0.5, 0.6) is 5.75 Å². The number of ether oxygens (including phenoxy) is 1. The highest BCUT2D eigenvalue weighted by molar-refractivity contribution is 7.99. The lowest BCUT2D eigenvalue weighted by molar-refractivity contribution is -0.118. The standard InChI is InChI=1S/C18H21N3O4S/c1-13-3-2-4-17(19-13)20-18(23)12-25-16-11-24-14(9-15(16)22)10-21-5-7-26-8-6-21/h2-4,9,11H,5-8,10,12H2,1H3,(H,19,20,23). The summed E-state index contributed by atoms with van der Waals surface area (Å²) < 4.78 is 10.8. The number of amides is 1. The zero-order valence-corrected chi connectivity index (χ0v) is 15.4. The van der Waals surface area contributed by atoms with Gasteiger partial charge in [-0.1, -0.05) is 6.07 Å². The maximum absolute atomic E-state index is 12.1. The van der Waals surface area contributed by atoms with Crippen LogP contribution in [-0.4, -0.2) is 47.0 Å². The molecular weight excluding hydrogens is 354 g/mol. The summed E-state index contributed by atoms with van der Waals surface area (Å²) in [7, 11) is 0. The van der Waals surface area contributed by atoms with E-state index in [-0.39, 0.29) is 17.8 Å². The molecule has 1 saturated heterocycles. The molecule has 0 spiro atoms. The number of aromatic nitrogens is 1. The summed E-state index contributed by atoms with van der Waals surface area (Å²) in [6, 6.07) is 6.75. The smallest absolute Gasteiger partial charge is 0.263 e. The van der Waals surface area contributed by atoms with Crippen LogP contribution in [-0.2, 0) is 11.3 Å². The maximum atomic E-state index is 12.1. The van der Waals surface area contributed by atoms with Gasteiger partial charge < -0.3 is 14.5 Å². The number of nitrogens with zero attached hydrogens (tertiary/aromatic N) is 2.